The van der Waals surface area contributed by atoms with Crippen molar-refractivity contribution in [2.75, 3.05) is 12.3 Å². The molecule has 22 heavy (non-hydrogen) atoms. The van der Waals surface area contributed by atoms with Gasteiger partial charge in [0.2, 0.25) is 10.0 Å². The lowest BCUT2D eigenvalue weighted by Crippen LogP contribution is -2.22. The summed E-state index contributed by atoms with van der Waals surface area (Å²) in [5.74, 6) is -0.879. The number of anilines is 1. The molecule has 7 heteroatoms. The smallest absolute Gasteiger partial charge is 0.335 e. The van der Waals surface area contributed by atoms with E-state index in [1.54, 1.807) is 49.4 Å². The Kier molecular flexibility index (Phi) is 6.55. The van der Waals surface area contributed by atoms with E-state index >= 15 is 0 Å². The lowest BCUT2D eigenvalue weighted by Gasteiger charge is -2.03. The zero-order valence-electron chi connectivity index (χ0n) is 12.1. The number of nitrogens with two attached hydrogens (primary N) is 1. The predicted octanol–water partition coefficient (Wildman–Crippen LogP) is 1.95. The second kappa shape index (κ2) is 8.16. The fourth-order valence-corrected chi connectivity index (χ4v) is 2.54. The highest BCUT2D eigenvalue weighted by Gasteiger charge is 2.10. The minimum absolute atomic E-state index is 0.239. The van der Waals surface area contributed by atoms with E-state index in [9.17, 15) is 13.2 Å². The summed E-state index contributed by atoms with van der Waals surface area (Å²) >= 11 is 0. The first kappa shape index (κ1) is 17.7. The third-order valence-corrected chi connectivity index (χ3v) is 4.11. The Labute approximate surface area is 129 Å². The highest BCUT2D eigenvalue weighted by atomic mass is 32.2. The van der Waals surface area contributed by atoms with Crippen LogP contribution in [-0.4, -0.2) is 26.0 Å². The zero-order valence-corrected chi connectivity index (χ0v) is 12.9. The van der Waals surface area contributed by atoms with Crippen molar-refractivity contribution >= 4 is 21.7 Å². The standard InChI is InChI=1S/C8H12N2O2S.C7H6O2/c1-2-10-13(11,12)8-5-3-7(9)4-6-8;8-7(9)6-4-2-1-3-5-6/h3-6,10H,2,9H2,1H3;1-5H,(H,8,9). The summed E-state index contributed by atoms with van der Waals surface area (Å²) in [4.78, 5) is 10.4. The fourth-order valence-electron chi connectivity index (χ4n) is 1.50. The Morgan fingerprint density at radius 1 is 1.09 bits per heavy atom. The average Bonchev–Trinajstić information content (AvgIpc) is 2.49. The number of aromatic carboxylic acids is 1. The molecular weight excluding hydrogens is 304 g/mol. The maximum atomic E-state index is 11.4. The Balaban J connectivity index is 0.000000235. The van der Waals surface area contributed by atoms with E-state index in [1.807, 2.05) is 0 Å². The van der Waals surface area contributed by atoms with Crippen LogP contribution in [0.4, 0.5) is 5.69 Å². The van der Waals surface area contributed by atoms with E-state index in [2.05, 4.69) is 4.72 Å². The van der Waals surface area contributed by atoms with Gasteiger partial charge in [0.25, 0.3) is 0 Å². The molecule has 0 spiro atoms. The van der Waals surface area contributed by atoms with Crippen molar-refractivity contribution in [2.45, 2.75) is 11.8 Å². The molecule has 2 rings (SSSR count). The van der Waals surface area contributed by atoms with Gasteiger partial charge in [-0.1, -0.05) is 25.1 Å². The van der Waals surface area contributed by atoms with E-state index in [-0.39, 0.29) is 4.90 Å². The van der Waals surface area contributed by atoms with Gasteiger partial charge in [-0.2, -0.15) is 0 Å². The van der Waals surface area contributed by atoms with Gasteiger partial charge in [0.15, 0.2) is 0 Å². The first-order valence-electron chi connectivity index (χ1n) is 6.50. The van der Waals surface area contributed by atoms with Gasteiger partial charge in [0, 0.05) is 12.2 Å². The molecule has 0 amide bonds. The van der Waals surface area contributed by atoms with E-state index in [1.165, 1.54) is 12.1 Å². The van der Waals surface area contributed by atoms with Crippen LogP contribution in [0.5, 0.6) is 0 Å². The Morgan fingerprint density at radius 2 is 1.64 bits per heavy atom. The fraction of sp³-hybridized carbons (Fsp3) is 0.133. The van der Waals surface area contributed by atoms with E-state index in [0.29, 0.717) is 17.8 Å². The number of nitrogens with one attached hydrogen (secondary N) is 1. The normalized spacial score (nSPS) is 10.4. The largest absolute Gasteiger partial charge is 0.478 e. The van der Waals surface area contributed by atoms with Crippen LogP contribution in [0.1, 0.15) is 17.3 Å². The number of carboxylic acid groups (broad SMARTS) is 1. The van der Waals surface area contributed by atoms with E-state index < -0.39 is 16.0 Å². The number of hydrogen-bond acceptors (Lipinski definition) is 4. The van der Waals surface area contributed by atoms with Crippen LogP contribution in [0.2, 0.25) is 0 Å². The topological polar surface area (TPSA) is 109 Å². The lowest BCUT2D eigenvalue weighted by atomic mass is 10.2. The SMILES string of the molecule is CCNS(=O)(=O)c1ccc(N)cc1.O=C(O)c1ccccc1. The second-order valence-corrected chi connectivity index (χ2v) is 6.01. The molecule has 0 saturated heterocycles. The molecule has 118 valence electrons. The number of nitrogen functional groups attached to an aromatic ring is 1. The summed E-state index contributed by atoms with van der Waals surface area (Å²) in [6.45, 7) is 2.11. The van der Waals surface area contributed by atoms with Crippen LogP contribution in [0.25, 0.3) is 0 Å². The highest BCUT2D eigenvalue weighted by molar-refractivity contribution is 7.89. The Hall–Kier alpha value is -2.38. The number of carbonyl (C=O) groups is 1. The minimum Gasteiger partial charge on any atom is -0.478 e. The lowest BCUT2D eigenvalue weighted by molar-refractivity contribution is 0.0697. The van der Waals surface area contributed by atoms with Gasteiger partial charge in [-0.25, -0.2) is 17.9 Å². The van der Waals surface area contributed by atoms with Gasteiger partial charge >= 0.3 is 5.97 Å². The van der Waals surface area contributed by atoms with Crippen LogP contribution in [0, 0.1) is 0 Å². The molecule has 0 aromatic heterocycles. The van der Waals surface area contributed by atoms with Gasteiger partial charge in [0.05, 0.1) is 10.5 Å². The van der Waals surface area contributed by atoms with Crippen LogP contribution >= 0.6 is 0 Å². The van der Waals surface area contributed by atoms with E-state index in [0.717, 1.165) is 0 Å². The maximum absolute atomic E-state index is 11.4. The van der Waals surface area contributed by atoms with Gasteiger partial charge in [0.1, 0.15) is 0 Å². The molecule has 0 aliphatic rings. The molecule has 4 N–H and O–H groups in total. The van der Waals surface area contributed by atoms with Crippen molar-refractivity contribution in [3.05, 3.63) is 60.2 Å². The van der Waals surface area contributed by atoms with E-state index in [4.69, 9.17) is 10.8 Å². The monoisotopic (exact) mass is 322 g/mol. The second-order valence-electron chi connectivity index (χ2n) is 4.24. The molecule has 0 bridgehead atoms. The van der Waals surface area contributed by atoms with Crippen molar-refractivity contribution < 1.29 is 18.3 Å². The number of carboxylic acids is 1. The molecule has 0 aliphatic heterocycles. The number of rotatable bonds is 4. The molecular formula is C15H18N2O4S. The molecule has 0 aliphatic carbocycles. The molecule has 6 nitrogen and oxygen atoms in total. The van der Waals surface area contributed by atoms with Crippen molar-refractivity contribution in [1.29, 1.82) is 0 Å². The first-order chi connectivity index (χ1) is 10.4. The Morgan fingerprint density at radius 3 is 2.05 bits per heavy atom. The molecule has 0 atom stereocenters. The van der Waals surface area contributed by atoms with Gasteiger partial charge < -0.3 is 10.8 Å². The molecule has 0 heterocycles. The molecule has 2 aromatic rings. The highest BCUT2D eigenvalue weighted by Crippen LogP contribution is 2.10. The minimum atomic E-state index is -3.33. The average molecular weight is 322 g/mol. The van der Waals surface area contributed by atoms with Gasteiger partial charge in [-0.15, -0.1) is 0 Å². The summed E-state index contributed by atoms with van der Waals surface area (Å²) in [6.07, 6.45) is 0. The van der Waals surface area contributed by atoms with Crippen LogP contribution in [0.3, 0.4) is 0 Å². The van der Waals surface area contributed by atoms with Crippen molar-refractivity contribution in [3.63, 3.8) is 0 Å². The summed E-state index contributed by atoms with van der Waals surface area (Å²) in [6, 6.07) is 14.4. The molecule has 0 fully saturated rings. The quantitative estimate of drug-likeness (QED) is 0.745. The molecule has 0 radical (unpaired) electrons. The third-order valence-electron chi connectivity index (χ3n) is 2.55. The van der Waals surface area contributed by atoms with Crippen molar-refractivity contribution in [3.8, 4) is 0 Å². The molecule has 2 aromatic carbocycles. The summed E-state index contributed by atoms with van der Waals surface area (Å²) in [5.41, 5.74) is 6.31. The summed E-state index contributed by atoms with van der Waals surface area (Å²) in [7, 11) is -3.33. The van der Waals surface area contributed by atoms with Gasteiger partial charge in [-0.05, 0) is 36.4 Å². The maximum Gasteiger partial charge on any atom is 0.335 e. The molecule has 0 unspecified atom stereocenters. The molecule has 0 saturated carbocycles. The number of hydrogen-bond donors (Lipinski definition) is 3. The van der Waals surface area contributed by atoms with Crippen molar-refractivity contribution in [1.82, 2.24) is 4.72 Å². The zero-order chi connectivity index (χ0) is 16.6. The Bertz CT molecular complexity index is 698. The first-order valence-corrected chi connectivity index (χ1v) is 7.98. The van der Waals surface area contributed by atoms with Crippen LogP contribution < -0.4 is 10.5 Å². The number of sulfonamides is 1. The third kappa shape index (κ3) is 5.55. The van der Waals surface area contributed by atoms with Crippen LogP contribution in [-0.2, 0) is 10.0 Å². The van der Waals surface area contributed by atoms with Crippen molar-refractivity contribution in [2.24, 2.45) is 0 Å². The van der Waals surface area contributed by atoms with Crippen LogP contribution in [0.15, 0.2) is 59.5 Å². The number of benzene rings is 2. The predicted molar refractivity (Wildman–Crippen MR) is 85.1 cm³/mol. The summed E-state index contributed by atoms with van der Waals surface area (Å²) in [5, 5.41) is 8.38. The summed E-state index contributed by atoms with van der Waals surface area (Å²) < 4.78 is 25.2. The van der Waals surface area contributed by atoms with Gasteiger partial charge in [-0.3, -0.25) is 0 Å².